The van der Waals surface area contributed by atoms with Crippen LogP contribution in [0, 0.1) is 12.8 Å². The van der Waals surface area contributed by atoms with Gasteiger partial charge in [-0.2, -0.15) is 0 Å². The molecule has 1 saturated heterocycles. The Balaban J connectivity index is 2.43. The lowest BCUT2D eigenvalue weighted by molar-refractivity contribution is 0.0698. The van der Waals surface area contributed by atoms with Crippen molar-refractivity contribution >= 4 is 17.3 Å². The predicted octanol–water partition coefficient (Wildman–Crippen LogP) is 2.51. The number of hydrogen-bond acceptors (Lipinski definition) is 3. The van der Waals surface area contributed by atoms with Crippen LogP contribution in [0.5, 0.6) is 0 Å². The van der Waals surface area contributed by atoms with E-state index in [2.05, 4.69) is 18.7 Å². The van der Waals surface area contributed by atoms with Gasteiger partial charge in [0.25, 0.3) is 0 Å². The Bertz CT molecular complexity index is 485. The van der Waals surface area contributed by atoms with Crippen molar-refractivity contribution in [3.05, 3.63) is 23.3 Å². The summed E-state index contributed by atoms with van der Waals surface area (Å²) in [6, 6.07) is 4.12. The first-order valence-electron chi connectivity index (χ1n) is 6.30. The molecule has 0 aromatic heterocycles. The summed E-state index contributed by atoms with van der Waals surface area (Å²) in [5, 5.41) is 9.18. The van der Waals surface area contributed by atoms with Crippen LogP contribution in [0.1, 0.15) is 36.2 Å². The molecule has 0 saturated carbocycles. The van der Waals surface area contributed by atoms with Crippen LogP contribution >= 0.6 is 0 Å². The Morgan fingerprint density at radius 3 is 2.61 bits per heavy atom. The molecule has 4 nitrogen and oxygen atoms in total. The lowest BCUT2D eigenvalue weighted by atomic mass is 10.1. The van der Waals surface area contributed by atoms with Crippen molar-refractivity contribution in [2.75, 3.05) is 17.2 Å². The number of nitrogens with zero attached hydrogens (tertiary/aromatic N) is 1. The van der Waals surface area contributed by atoms with Crippen LogP contribution in [-0.2, 0) is 0 Å². The fourth-order valence-electron chi connectivity index (χ4n) is 2.78. The highest BCUT2D eigenvalue weighted by atomic mass is 16.4. The molecule has 2 unspecified atom stereocenters. The van der Waals surface area contributed by atoms with Gasteiger partial charge in [-0.05, 0) is 43.9 Å². The summed E-state index contributed by atoms with van der Waals surface area (Å²) in [6.45, 7) is 7.23. The number of benzene rings is 1. The van der Waals surface area contributed by atoms with Gasteiger partial charge in [0.15, 0.2) is 0 Å². The molecule has 2 atom stereocenters. The van der Waals surface area contributed by atoms with Gasteiger partial charge in [0.1, 0.15) is 0 Å². The summed E-state index contributed by atoms with van der Waals surface area (Å²) >= 11 is 0. The van der Waals surface area contributed by atoms with Crippen molar-refractivity contribution in [1.82, 2.24) is 0 Å². The van der Waals surface area contributed by atoms with E-state index in [1.54, 1.807) is 6.07 Å². The number of nitrogen functional groups attached to an aromatic ring is 1. The Labute approximate surface area is 107 Å². The van der Waals surface area contributed by atoms with E-state index in [0.29, 0.717) is 17.6 Å². The van der Waals surface area contributed by atoms with Crippen LogP contribution < -0.4 is 10.6 Å². The third-order valence-corrected chi connectivity index (χ3v) is 3.72. The molecule has 0 spiro atoms. The minimum absolute atomic E-state index is 0.205. The number of carboxylic acids is 1. The number of carbonyl (C=O) groups is 1. The maximum absolute atomic E-state index is 11.2. The standard InChI is InChI=1S/C14H20N2O2/c1-8-4-10(3)16(7-8)11-5-9(2)13(15)12(6-11)14(17)18/h5-6,8,10H,4,7,15H2,1-3H3,(H,17,18). The van der Waals surface area contributed by atoms with Crippen molar-refractivity contribution in [2.24, 2.45) is 5.92 Å². The second kappa shape index (κ2) is 4.52. The molecule has 1 aliphatic heterocycles. The van der Waals surface area contributed by atoms with Crippen LogP contribution in [-0.4, -0.2) is 23.7 Å². The molecule has 4 heteroatoms. The molecule has 2 rings (SSSR count). The van der Waals surface area contributed by atoms with Gasteiger partial charge >= 0.3 is 5.97 Å². The number of hydrogen-bond donors (Lipinski definition) is 2. The topological polar surface area (TPSA) is 66.6 Å². The van der Waals surface area contributed by atoms with Crippen molar-refractivity contribution in [3.63, 3.8) is 0 Å². The molecule has 0 aliphatic carbocycles. The third kappa shape index (κ3) is 2.15. The maximum Gasteiger partial charge on any atom is 0.337 e. The highest BCUT2D eigenvalue weighted by molar-refractivity contribution is 5.95. The lowest BCUT2D eigenvalue weighted by Crippen LogP contribution is -2.27. The summed E-state index contributed by atoms with van der Waals surface area (Å²) in [7, 11) is 0. The SMILES string of the molecule is Cc1cc(N2CC(C)CC2C)cc(C(=O)O)c1N. The molecule has 1 aromatic carbocycles. The number of aromatic carboxylic acids is 1. The number of rotatable bonds is 2. The number of carboxylic acid groups (broad SMARTS) is 1. The average molecular weight is 248 g/mol. The first kappa shape index (κ1) is 12.7. The second-order valence-electron chi connectivity index (χ2n) is 5.37. The Morgan fingerprint density at radius 2 is 2.11 bits per heavy atom. The first-order chi connectivity index (χ1) is 8.40. The van der Waals surface area contributed by atoms with Crippen LogP contribution in [0.3, 0.4) is 0 Å². The van der Waals surface area contributed by atoms with Crippen LogP contribution in [0.25, 0.3) is 0 Å². The third-order valence-electron chi connectivity index (χ3n) is 3.72. The summed E-state index contributed by atoms with van der Waals surface area (Å²) in [5.74, 6) is -0.316. The first-order valence-corrected chi connectivity index (χ1v) is 6.30. The highest BCUT2D eigenvalue weighted by Gasteiger charge is 2.27. The summed E-state index contributed by atoms with van der Waals surface area (Å²) in [6.07, 6.45) is 1.14. The maximum atomic E-state index is 11.2. The molecule has 0 amide bonds. The fourth-order valence-corrected chi connectivity index (χ4v) is 2.78. The van der Waals surface area contributed by atoms with Crippen LogP contribution in [0.4, 0.5) is 11.4 Å². The van der Waals surface area contributed by atoms with E-state index in [1.165, 1.54) is 0 Å². The summed E-state index contributed by atoms with van der Waals surface area (Å²) < 4.78 is 0. The summed E-state index contributed by atoms with van der Waals surface area (Å²) in [4.78, 5) is 13.5. The van der Waals surface area contributed by atoms with Crippen LogP contribution in [0.2, 0.25) is 0 Å². The van der Waals surface area contributed by atoms with Gasteiger partial charge in [-0.25, -0.2) is 4.79 Å². The quantitative estimate of drug-likeness (QED) is 0.789. The molecular formula is C14H20N2O2. The molecule has 1 fully saturated rings. The van der Waals surface area contributed by atoms with Crippen molar-refractivity contribution in [1.29, 1.82) is 0 Å². The molecule has 98 valence electrons. The minimum Gasteiger partial charge on any atom is -0.478 e. The van der Waals surface area contributed by atoms with Gasteiger partial charge in [-0.3, -0.25) is 0 Å². The molecule has 18 heavy (non-hydrogen) atoms. The van der Waals surface area contributed by atoms with Crippen molar-refractivity contribution in [3.8, 4) is 0 Å². The van der Waals surface area contributed by atoms with E-state index in [9.17, 15) is 9.90 Å². The molecule has 0 radical (unpaired) electrons. The average Bonchev–Trinajstić information content (AvgIpc) is 2.61. The van der Waals surface area contributed by atoms with E-state index in [1.807, 2.05) is 13.0 Å². The molecule has 0 bridgehead atoms. The zero-order valence-corrected chi connectivity index (χ0v) is 11.1. The van der Waals surface area contributed by atoms with E-state index >= 15 is 0 Å². The van der Waals surface area contributed by atoms with Gasteiger partial charge in [-0.15, -0.1) is 0 Å². The van der Waals surface area contributed by atoms with Gasteiger partial charge in [0.2, 0.25) is 0 Å². The number of aryl methyl sites for hydroxylation is 1. The fraction of sp³-hybridized carbons (Fsp3) is 0.500. The van der Waals surface area contributed by atoms with Gasteiger partial charge < -0.3 is 15.7 Å². The van der Waals surface area contributed by atoms with Gasteiger partial charge in [0, 0.05) is 24.0 Å². The minimum atomic E-state index is -0.961. The normalized spacial score (nSPS) is 23.4. The summed E-state index contributed by atoms with van der Waals surface area (Å²) in [5.41, 5.74) is 8.18. The van der Waals surface area contributed by atoms with Gasteiger partial charge in [-0.1, -0.05) is 6.92 Å². The van der Waals surface area contributed by atoms with Crippen molar-refractivity contribution < 1.29 is 9.90 Å². The monoisotopic (exact) mass is 248 g/mol. The molecule has 1 heterocycles. The molecule has 3 N–H and O–H groups in total. The highest BCUT2D eigenvalue weighted by Crippen LogP contribution is 2.32. The number of nitrogens with two attached hydrogens (primary N) is 1. The lowest BCUT2D eigenvalue weighted by Gasteiger charge is -2.25. The van der Waals surface area contributed by atoms with E-state index in [0.717, 1.165) is 24.2 Å². The van der Waals surface area contributed by atoms with Crippen LogP contribution in [0.15, 0.2) is 12.1 Å². The number of anilines is 2. The second-order valence-corrected chi connectivity index (χ2v) is 5.37. The Morgan fingerprint density at radius 1 is 1.44 bits per heavy atom. The zero-order valence-electron chi connectivity index (χ0n) is 11.1. The van der Waals surface area contributed by atoms with Crippen molar-refractivity contribution in [2.45, 2.75) is 33.2 Å². The largest absolute Gasteiger partial charge is 0.478 e. The van der Waals surface area contributed by atoms with E-state index < -0.39 is 5.97 Å². The smallest absolute Gasteiger partial charge is 0.337 e. The Kier molecular flexibility index (Phi) is 3.20. The zero-order chi connectivity index (χ0) is 13.4. The molecular weight excluding hydrogens is 228 g/mol. The Hall–Kier alpha value is -1.71. The molecule has 1 aliphatic rings. The van der Waals surface area contributed by atoms with E-state index in [4.69, 9.17) is 5.73 Å². The predicted molar refractivity (Wildman–Crippen MR) is 73.1 cm³/mol. The van der Waals surface area contributed by atoms with E-state index in [-0.39, 0.29) is 5.56 Å². The molecule has 1 aromatic rings. The van der Waals surface area contributed by atoms with Gasteiger partial charge in [0.05, 0.1) is 5.56 Å².